The zero-order chi connectivity index (χ0) is 13.4. The number of carbonyl (C=O) groups is 2. The fraction of sp³-hybridized carbons (Fsp3) is 0.0833. The van der Waals surface area contributed by atoms with Crippen LogP contribution in [0, 0.1) is 0 Å². The first-order chi connectivity index (χ1) is 9.22. The number of para-hydroxylation sites is 1. The van der Waals surface area contributed by atoms with Crippen molar-refractivity contribution >= 4 is 11.8 Å². The summed E-state index contributed by atoms with van der Waals surface area (Å²) in [4.78, 5) is 27.7. The van der Waals surface area contributed by atoms with Gasteiger partial charge in [-0.3, -0.25) is 19.6 Å². The Morgan fingerprint density at radius 2 is 2.21 bits per heavy atom. The molecular weight excluding hydrogens is 246 g/mol. The third kappa shape index (κ3) is 1.67. The summed E-state index contributed by atoms with van der Waals surface area (Å²) in [6.07, 6.45) is 1.45. The molecule has 7 heteroatoms. The maximum absolute atomic E-state index is 12.1. The van der Waals surface area contributed by atoms with Gasteiger partial charge in [-0.1, -0.05) is 18.2 Å². The van der Waals surface area contributed by atoms with E-state index in [0.717, 1.165) is 11.3 Å². The second-order valence-electron chi connectivity index (χ2n) is 4.10. The van der Waals surface area contributed by atoms with E-state index in [1.807, 2.05) is 29.7 Å². The molecule has 7 nitrogen and oxygen atoms in total. The van der Waals surface area contributed by atoms with Gasteiger partial charge in [-0.15, -0.1) is 0 Å². The van der Waals surface area contributed by atoms with Gasteiger partial charge in [0.05, 0.1) is 5.69 Å². The molecule has 0 fully saturated rings. The van der Waals surface area contributed by atoms with E-state index in [0.29, 0.717) is 6.54 Å². The van der Waals surface area contributed by atoms with Crippen LogP contribution in [0.25, 0.3) is 5.69 Å². The highest BCUT2D eigenvalue weighted by Crippen LogP contribution is 2.21. The molecule has 1 aromatic heterocycles. The number of nitrogens with two attached hydrogens (primary N) is 1. The first kappa shape index (κ1) is 11.4. The topological polar surface area (TPSA) is 102 Å². The van der Waals surface area contributed by atoms with Crippen LogP contribution in [0.4, 0.5) is 0 Å². The maximum atomic E-state index is 12.1. The van der Waals surface area contributed by atoms with E-state index in [1.54, 1.807) is 4.57 Å². The quantitative estimate of drug-likeness (QED) is 0.371. The van der Waals surface area contributed by atoms with Gasteiger partial charge < -0.3 is 5.32 Å². The van der Waals surface area contributed by atoms with Crippen molar-refractivity contribution in [2.24, 2.45) is 5.84 Å². The molecule has 1 aliphatic heterocycles. The molecule has 2 aromatic rings. The molecule has 3 rings (SSSR count). The highest BCUT2D eigenvalue weighted by atomic mass is 16.2. The summed E-state index contributed by atoms with van der Waals surface area (Å²) in [7, 11) is 0. The van der Waals surface area contributed by atoms with Crippen LogP contribution in [0.2, 0.25) is 0 Å². The lowest BCUT2D eigenvalue weighted by Gasteiger charge is -2.06. The van der Waals surface area contributed by atoms with Crippen molar-refractivity contribution in [3.63, 3.8) is 0 Å². The maximum Gasteiger partial charge on any atom is 0.286 e. The summed E-state index contributed by atoms with van der Waals surface area (Å²) < 4.78 is 1.60. The first-order valence-corrected chi connectivity index (χ1v) is 5.67. The minimum absolute atomic E-state index is 0.0108. The first-order valence-electron chi connectivity index (χ1n) is 5.67. The van der Waals surface area contributed by atoms with Crippen LogP contribution in [0.5, 0.6) is 0 Å². The minimum Gasteiger partial charge on any atom is -0.347 e. The average Bonchev–Trinajstić information content (AvgIpc) is 2.83. The molecule has 0 saturated carbocycles. The number of imidazole rings is 1. The summed E-state index contributed by atoms with van der Waals surface area (Å²) >= 11 is 0. The molecule has 0 bridgehead atoms. The van der Waals surface area contributed by atoms with Gasteiger partial charge in [0.1, 0.15) is 12.0 Å². The highest BCUT2D eigenvalue weighted by molar-refractivity contribution is 6.05. The fourth-order valence-electron chi connectivity index (χ4n) is 2.14. The van der Waals surface area contributed by atoms with Gasteiger partial charge in [0.15, 0.2) is 5.69 Å². The predicted molar refractivity (Wildman–Crippen MR) is 66.4 cm³/mol. The van der Waals surface area contributed by atoms with E-state index >= 15 is 0 Å². The molecule has 0 atom stereocenters. The number of benzene rings is 1. The van der Waals surface area contributed by atoms with Crippen molar-refractivity contribution < 1.29 is 9.59 Å². The van der Waals surface area contributed by atoms with Gasteiger partial charge in [-0.25, -0.2) is 10.8 Å². The number of fused-ring (bicyclic) bond motifs is 3. The zero-order valence-corrected chi connectivity index (χ0v) is 9.88. The Hall–Kier alpha value is -2.67. The molecule has 96 valence electrons. The van der Waals surface area contributed by atoms with Gasteiger partial charge in [-0.05, 0) is 11.6 Å². The van der Waals surface area contributed by atoms with Gasteiger partial charge in [0.2, 0.25) is 0 Å². The van der Waals surface area contributed by atoms with E-state index in [4.69, 9.17) is 5.84 Å². The summed E-state index contributed by atoms with van der Waals surface area (Å²) in [6, 6.07) is 7.53. The number of carbonyl (C=O) groups excluding carboxylic acids is 2. The summed E-state index contributed by atoms with van der Waals surface area (Å²) in [5, 5.41) is 2.74. The van der Waals surface area contributed by atoms with Crippen molar-refractivity contribution in [1.82, 2.24) is 20.3 Å². The third-order valence-electron chi connectivity index (χ3n) is 3.02. The normalized spacial score (nSPS) is 13.0. The van der Waals surface area contributed by atoms with Crippen molar-refractivity contribution in [3.8, 4) is 5.69 Å². The number of aromatic nitrogens is 2. The Balaban J connectivity index is 2.25. The van der Waals surface area contributed by atoms with Crippen LogP contribution in [0.1, 0.15) is 26.5 Å². The van der Waals surface area contributed by atoms with Crippen molar-refractivity contribution in [2.45, 2.75) is 6.54 Å². The molecule has 0 radical (unpaired) electrons. The number of amides is 2. The number of rotatable bonds is 1. The van der Waals surface area contributed by atoms with Gasteiger partial charge in [-0.2, -0.15) is 0 Å². The lowest BCUT2D eigenvalue weighted by molar-refractivity contribution is 0.0912. The molecule has 1 aliphatic rings. The minimum atomic E-state index is -0.594. The average molecular weight is 257 g/mol. The van der Waals surface area contributed by atoms with Gasteiger partial charge in [0.25, 0.3) is 11.8 Å². The summed E-state index contributed by atoms with van der Waals surface area (Å²) in [6.45, 7) is 0.403. The SMILES string of the molecule is NNC(=O)c1ncn2c1C(=O)NCc1ccccc1-2. The van der Waals surface area contributed by atoms with E-state index in [9.17, 15) is 9.59 Å². The molecule has 2 amide bonds. The van der Waals surface area contributed by atoms with E-state index in [-0.39, 0.29) is 17.3 Å². The molecule has 0 unspecified atom stereocenters. The third-order valence-corrected chi connectivity index (χ3v) is 3.02. The largest absolute Gasteiger partial charge is 0.347 e. The highest BCUT2D eigenvalue weighted by Gasteiger charge is 2.27. The number of hydrogen-bond donors (Lipinski definition) is 3. The fourth-order valence-corrected chi connectivity index (χ4v) is 2.14. The van der Waals surface area contributed by atoms with Crippen LogP contribution in [-0.4, -0.2) is 21.4 Å². The molecule has 19 heavy (non-hydrogen) atoms. The van der Waals surface area contributed by atoms with Gasteiger partial charge in [0, 0.05) is 6.54 Å². The number of nitrogens with zero attached hydrogens (tertiary/aromatic N) is 2. The summed E-state index contributed by atoms with van der Waals surface area (Å²) in [5.74, 6) is 4.15. The predicted octanol–water partition coefficient (Wildman–Crippen LogP) is -0.281. The van der Waals surface area contributed by atoms with E-state index in [1.165, 1.54) is 6.33 Å². The standard InChI is InChI=1S/C12H11N5O2/c13-16-11(18)9-10-12(19)14-5-7-3-1-2-4-8(7)17(10)6-15-9/h1-4,6H,5,13H2,(H,14,19)(H,16,18). The molecule has 2 heterocycles. The van der Waals surface area contributed by atoms with Crippen molar-refractivity contribution in [2.75, 3.05) is 0 Å². The van der Waals surface area contributed by atoms with Crippen LogP contribution < -0.4 is 16.6 Å². The second kappa shape index (κ2) is 4.21. The zero-order valence-electron chi connectivity index (χ0n) is 9.88. The Morgan fingerprint density at radius 1 is 1.42 bits per heavy atom. The van der Waals surface area contributed by atoms with Crippen LogP contribution >= 0.6 is 0 Å². The summed E-state index contributed by atoms with van der Waals surface area (Å²) in [5.41, 5.74) is 3.96. The van der Waals surface area contributed by atoms with Crippen LogP contribution in [-0.2, 0) is 6.54 Å². The number of nitrogens with one attached hydrogen (secondary N) is 2. The van der Waals surface area contributed by atoms with Crippen molar-refractivity contribution in [1.29, 1.82) is 0 Å². The smallest absolute Gasteiger partial charge is 0.286 e. The molecule has 0 aliphatic carbocycles. The Bertz CT molecular complexity index is 677. The van der Waals surface area contributed by atoms with Crippen molar-refractivity contribution in [3.05, 3.63) is 47.5 Å². The van der Waals surface area contributed by atoms with Gasteiger partial charge >= 0.3 is 0 Å². The second-order valence-corrected chi connectivity index (χ2v) is 4.10. The van der Waals surface area contributed by atoms with Crippen LogP contribution in [0.3, 0.4) is 0 Å². The Kier molecular flexibility index (Phi) is 2.53. The molecular formula is C12H11N5O2. The Labute approximate surface area is 108 Å². The number of hydrogen-bond acceptors (Lipinski definition) is 4. The van der Waals surface area contributed by atoms with E-state index < -0.39 is 5.91 Å². The molecule has 1 aromatic carbocycles. The molecule has 0 spiro atoms. The number of nitrogen functional groups attached to an aromatic ring is 1. The van der Waals surface area contributed by atoms with E-state index in [2.05, 4.69) is 10.3 Å². The lowest BCUT2D eigenvalue weighted by Crippen LogP contribution is -2.33. The molecule has 4 N–H and O–H groups in total. The number of hydrazine groups is 1. The molecule has 0 saturated heterocycles. The Morgan fingerprint density at radius 3 is 3.00 bits per heavy atom. The van der Waals surface area contributed by atoms with Crippen LogP contribution in [0.15, 0.2) is 30.6 Å². The monoisotopic (exact) mass is 257 g/mol. The lowest BCUT2D eigenvalue weighted by atomic mass is 10.2.